The van der Waals surface area contributed by atoms with Crippen LogP contribution in [0.1, 0.15) is 35.1 Å². The van der Waals surface area contributed by atoms with Gasteiger partial charge in [0.25, 0.3) is 0 Å². The summed E-state index contributed by atoms with van der Waals surface area (Å²) in [5.74, 6) is -0.0925. The van der Waals surface area contributed by atoms with Crippen LogP contribution < -0.4 is 0 Å². The second kappa shape index (κ2) is 12.2. The number of aromatic nitrogens is 7. The van der Waals surface area contributed by atoms with Gasteiger partial charge in [-0.3, -0.25) is 15.0 Å². The van der Waals surface area contributed by atoms with Gasteiger partial charge >= 0.3 is 0 Å². The molecule has 3 aromatic carbocycles. The van der Waals surface area contributed by atoms with Gasteiger partial charge < -0.3 is 0 Å². The van der Waals surface area contributed by atoms with Gasteiger partial charge in [-0.15, -0.1) is 5.10 Å². The number of benzene rings is 3. The van der Waals surface area contributed by atoms with E-state index >= 15 is 0 Å². The molecular formula is C42H29N7. The lowest BCUT2D eigenvalue weighted by Gasteiger charge is -2.20. The quantitative estimate of drug-likeness (QED) is 0.182. The van der Waals surface area contributed by atoms with E-state index in [1.165, 1.54) is 16.3 Å². The maximum Gasteiger partial charge on any atom is 0.119 e. The van der Waals surface area contributed by atoms with E-state index in [1.54, 1.807) is 17.2 Å². The van der Waals surface area contributed by atoms with Gasteiger partial charge in [0.05, 0.1) is 45.8 Å². The topological polar surface area (TPSA) is 82.3 Å². The summed E-state index contributed by atoms with van der Waals surface area (Å²) in [4.78, 5) is 20.9. The molecule has 0 aliphatic heterocycles. The monoisotopic (exact) mass is 631 g/mol. The minimum atomic E-state index is -0.0925. The van der Waals surface area contributed by atoms with Crippen molar-refractivity contribution in [2.24, 2.45) is 0 Å². The first-order valence-electron chi connectivity index (χ1n) is 16.3. The Bertz CT molecular complexity index is 2460. The van der Waals surface area contributed by atoms with Crippen molar-refractivity contribution in [2.45, 2.75) is 12.3 Å². The normalized spacial score (nSPS) is 14.0. The number of pyridine rings is 4. The van der Waals surface area contributed by atoms with Gasteiger partial charge in [0.1, 0.15) is 11.4 Å². The van der Waals surface area contributed by atoms with E-state index in [0.29, 0.717) is 6.42 Å². The van der Waals surface area contributed by atoms with Crippen molar-refractivity contribution in [3.05, 3.63) is 181 Å². The van der Waals surface area contributed by atoms with Crippen molar-refractivity contribution in [3.63, 3.8) is 0 Å². The molecule has 0 fully saturated rings. The van der Waals surface area contributed by atoms with Gasteiger partial charge in [0.2, 0.25) is 0 Å². The summed E-state index contributed by atoms with van der Waals surface area (Å²) in [6.45, 7) is 0. The minimum absolute atomic E-state index is 0.0925. The Hall–Kier alpha value is -6.60. The molecule has 49 heavy (non-hydrogen) atoms. The Morgan fingerprint density at radius 3 is 1.96 bits per heavy atom. The van der Waals surface area contributed by atoms with Crippen molar-refractivity contribution < 1.29 is 0 Å². The lowest BCUT2D eigenvalue weighted by molar-refractivity contribution is 0.704. The van der Waals surface area contributed by atoms with Crippen LogP contribution in [0.15, 0.2) is 158 Å². The highest BCUT2D eigenvalue weighted by Gasteiger charge is 2.31. The van der Waals surface area contributed by atoms with Crippen molar-refractivity contribution in [1.29, 1.82) is 0 Å². The second-order valence-electron chi connectivity index (χ2n) is 12.0. The molecule has 8 aromatic rings. The van der Waals surface area contributed by atoms with Crippen LogP contribution >= 0.6 is 0 Å². The highest BCUT2D eigenvalue weighted by Crippen LogP contribution is 2.39. The summed E-state index contributed by atoms with van der Waals surface area (Å²) in [6.07, 6.45) is 6.50. The summed E-state index contributed by atoms with van der Waals surface area (Å²) in [5.41, 5.74) is 10.9. The number of hydrogen-bond donors (Lipinski definition) is 0. The van der Waals surface area contributed by atoms with Crippen LogP contribution in [-0.4, -0.2) is 34.9 Å². The molecule has 0 spiro atoms. The lowest BCUT2D eigenvalue weighted by Crippen LogP contribution is -2.11. The fourth-order valence-electron chi connectivity index (χ4n) is 6.59. The van der Waals surface area contributed by atoms with Crippen LogP contribution in [-0.2, 0) is 0 Å². The zero-order chi connectivity index (χ0) is 32.6. The van der Waals surface area contributed by atoms with Crippen molar-refractivity contribution >= 4 is 16.3 Å². The molecule has 232 valence electrons. The zero-order valence-corrected chi connectivity index (χ0v) is 26.4. The third-order valence-corrected chi connectivity index (χ3v) is 8.99. The van der Waals surface area contributed by atoms with Gasteiger partial charge in [-0.2, -0.15) is 9.90 Å². The van der Waals surface area contributed by atoms with E-state index in [9.17, 15) is 0 Å². The molecule has 0 amide bonds. The molecule has 5 heterocycles. The average Bonchev–Trinajstić information content (AvgIpc) is 3.64. The predicted molar refractivity (Wildman–Crippen MR) is 193 cm³/mol. The number of nitrogens with zero attached hydrogens (tertiary/aromatic N) is 7. The third kappa shape index (κ3) is 5.37. The highest BCUT2D eigenvalue weighted by atomic mass is 15.5. The van der Waals surface area contributed by atoms with Gasteiger partial charge in [0.15, 0.2) is 0 Å². The second-order valence-corrected chi connectivity index (χ2v) is 12.0. The van der Waals surface area contributed by atoms with E-state index in [1.807, 2.05) is 66.7 Å². The van der Waals surface area contributed by atoms with Gasteiger partial charge in [-0.1, -0.05) is 84.9 Å². The summed E-state index contributed by atoms with van der Waals surface area (Å²) < 4.78 is 0. The third-order valence-electron chi connectivity index (χ3n) is 8.99. The van der Waals surface area contributed by atoms with E-state index in [0.717, 1.165) is 62.4 Å². The first kappa shape index (κ1) is 28.6. The molecule has 5 aromatic heterocycles. The molecule has 0 bridgehead atoms. The van der Waals surface area contributed by atoms with E-state index in [-0.39, 0.29) is 5.92 Å². The SMILES string of the molecule is C1=C(c2cccc(-c3ccccn3)n2)c2nn(-c3ccc(-c4cccc5ccccc45)cc3)nc2C(c2cccc(-c3ccccn3)n2)C1. The van der Waals surface area contributed by atoms with Crippen LogP contribution in [0, 0.1) is 0 Å². The van der Waals surface area contributed by atoms with Crippen LogP contribution in [0.3, 0.4) is 0 Å². The summed E-state index contributed by atoms with van der Waals surface area (Å²) in [5, 5.41) is 12.7. The molecule has 1 aliphatic rings. The number of allylic oxidation sites excluding steroid dienone is 1. The molecule has 0 saturated heterocycles. The van der Waals surface area contributed by atoms with Gasteiger partial charge in [-0.25, -0.2) is 4.98 Å². The van der Waals surface area contributed by atoms with Crippen LogP contribution in [0.25, 0.3) is 55.9 Å². The maximum atomic E-state index is 5.16. The Kier molecular flexibility index (Phi) is 7.13. The fraction of sp³-hybridized carbons (Fsp3) is 0.0476. The Morgan fingerprint density at radius 1 is 0.531 bits per heavy atom. The first-order chi connectivity index (χ1) is 24.3. The largest absolute Gasteiger partial charge is 0.255 e. The van der Waals surface area contributed by atoms with Crippen LogP contribution in [0.5, 0.6) is 0 Å². The molecule has 0 radical (unpaired) electrons. The molecule has 9 rings (SSSR count). The smallest absolute Gasteiger partial charge is 0.119 e. The molecule has 0 saturated carbocycles. The Balaban J connectivity index is 1.13. The highest BCUT2D eigenvalue weighted by molar-refractivity contribution is 5.96. The number of fused-ring (bicyclic) bond motifs is 2. The Morgan fingerprint density at radius 2 is 1.18 bits per heavy atom. The summed E-state index contributed by atoms with van der Waals surface area (Å²) in [7, 11) is 0. The van der Waals surface area contributed by atoms with Gasteiger partial charge in [0, 0.05) is 18.0 Å². The van der Waals surface area contributed by atoms with Crippen molar-refractivity contribution in [2.75, 3.05) is 0 Å². The summed E-state index contributed by atoms with van der Waals surface area (Å²) in [6, 6.07) is 47.2. The molecule has 7 heteroatoms. The van der Waals surface area contributed by atoms with E-state index < -0.39 is 0 Å². The molecule has 7 nitrogen and oxygen atoms in total. The first-order valence-corrected chi connectivity index (χ1v) is 16.3. The molecule has 1 aliphatic carbocycles. The molecular weight excluding hydrogens is 603 g/mol. The van der Waals surface area contributed by atoms with Crippen LogP contribution in [0.4, 0.5) is 0 Å². The standard InChI is InChI=1S/C42H29N7/c1-2-12-31-28(10-1)11-7-13-32(31)29-20-22-30(23-21-29)49-47-41-33(35-16-8-18-39(45-35)37-14-3-5-26-43-37)24-25-34(42(41)48-49)36-17-9-19-40(46-36)38-15-4-6-27-44-38/h1-24,26-27,34H,25H2. The average molecular weight is 632 g/mol. The lowest BCUT2D eigenvalue weighted by atomic mass is 9.86. The van der Waals surface area contributed by atoms with Gasteiger partial charge in [-0.05, 0) is 89.0 Å². The minimum Gasteiger partial charge on any atom is -0.255 e. The van der Waals surface area contributed by atoms with Crippen molar-refractivity contribution in [1.82, 2.24) is 34.9 Å². The van der Waals surface area contributed by atoms with E-state index in [2.05, 4.69) is 88.8 Å². The number of rotatable bonds is 6. The zero-order valence-electron chi connectivity index (χ0n) is 26.4. The maximum absolute atomic E-state index is 5.16. The van der Waals surface area contributed by atoms with Crippen molar-refractivity contribution in [3.8, 4) is 39.6 Å². The van der Waals surface area contributed by atoms with Crippen LogP contribution in [0.2, 0.25) is 0 Å². The fourth-order valence-corrected chi connectivity index (χ4v) is 6.59. The number of hydrogen-bond acceptors (Lipinski definition) is 6. The molecule has 1 atom stereocenters. The molecule has 1 unspecified atom stereocenters. The van der Waals surface area contributed by atoms with E-state index in [4.69, 9.17) is 20.2 Å². The molecule has 0 N–H and O–H groups in total. The summed E-state index contributed by atoms with van der Waals surface area (Å²) >= 11 is 0. The Labute approximate surface area is 283 Å². The predicted octanol–water partition coefficient (Wildman–Crippen LogP) is 8.97.